The molecule has 194 valence electrons. The van der Waals surface area contributed by atoms with Crippen molar-refractivity contribution in [1.82, 2.24) is 14.9 Å². The lowest BCUT2D eigenvalue weighted by Gasteiger charge is -2.13. The summed E-state index contributed by atoms with van der Waals surface area (Å²) in [5.41, 5.74) is 2.77. The quantitative estimate of drug-likeness (QED) is 0.251. The number of anilines is 2. The van der Waals surface area contributed by atoms with Gasteiger partial charge in [0.2, 0.25) is 0 Å². The van der Waals surface area contributed by atoms with E-state index in [2.05, 4.69) is 20.5 Å². The van der Waals surface area contributed by atoms with Gasteiger partial charge in [-0.1, -0.05) is 65.7 Å². The van der Waals surface area contributed by atoms with Gasteiger partial charge in [0, 0.05) is 16.3 Å². The number of hydrogen-bond donors (Lipinski definition) is 2. The molecule has 2 N–H and O–H groups in total. The molecule has 7 nitrogen and oxygen atoms in total. The largest absolute Gasteiger partial charge is 0.321 e. The van der Waals surface area contributed by atoms with Gasteiger partial charge in [-0.2, -0.15) is 0 Å². The molecule has 0 saturated carbocycles. The van der Waals surface area contributed by atoms with Crippen LogP contribution in [0, 0.1) is 0 Å². The Morgan fingerprint density at radius 1 is 0.816 bits per heavy atom. The molecule has 0 aliphatic carbocycles. The van der Waals surface area contributed by atoms with E-state index in [1.54, 1.807) is 48.5 Å². The van der Waals surface area contributed by atoms with Gasteiger partial charge in [0.15, 0.2) is 5.82 Å². The molecule has 0 atom stereocenters. The Bertz CT molecular complexity index is 1440. The van der Waals surface area contributed by atoms with E-state index in [0.29, 0.717) is 33.7 Å². The molecule has 3 aromatic carbocycles. The molecule has 1 heterocycles. The number of benzene rings is 3. The van der Waals surface area contributed by atoms with Gasteiger partial charge in [0.05, 0.1) is 22.0 Å². The van der Waals surface area contributed by atoms with Crippen LogP contribution >= 0.6 is 23.2 Å². The zero-order chi connectivity index (χ0) is 27.1. The smallest absolute Gasteiger partial charge is 0.274 e. The van der Waals surface area contributed by atoms with Gasteiger partial charge in [-0.3, -0.25) is 9.59 Å². The first-order valence-electron chi connectivity index (χ1n) is 12.0. The molecule has 38 heavy (non-hydrogen) atoms. The van der Waals surface area contributed by atoms with E-state index in [1.165, 1.54) is 0 Å². The second-order valence-corrected chi connectivity index (χ2v) is 9.76. The first kappa shape index (κ1) is 27.3. The van der Waals surface area contributed by atoms with Crippen molar-refractivity contribution in [1.29, 1.82) is 0 Å². The van der Waals surface area contributed by atoms with Crippen LogP contribution in [-0.4, -0.2) is 47.3 Å². The van der Waals surface area contributed by atoms with Crippen LogP contribution in [0.1, 0.15) is 33.0 Å². The normalized spacial score (nSPS) is 10.9. The fourth-order valence-corrected chi connectivity index (χ4v) is 4.13. The van der Waals surface area contributed by atoms with Crippen molar-refractivity contribution in [3.05, 3.63) is 106 Å². The fourth-order valence-electron chi connectivity index (χ4n) is 3.79. The van der Waals surface area contributed by atoms with Crippen molar-refractivity contribution in [3.63, 3.8) is 0 Å². The Balaban J connectivity index is 1.60. The van der Waals surface area contributed by atoms with Crippen LogP contribution in [0.4, 0.5) is 11.4 Å². The number of halogens is 2. The molecular weight excluding hydrogens is 521 g/mol. The van der Waals surface area contributed by atoms with E-state index < -0.39 is 11.8 Å². The van der Waals surface area contributed by atoms with Crippen LogP contribution < -0.4 is 10.6 Å². The number of para-hydroxylation sites is 1. The minimum absolute atomic E-state index is 0.215. The summed E-state index contributed by atoms with van der Waals surface area (Å²) in [5, 5.41) is 6.38. The number of carbonyl (C=O) groups excluding carboxylic acids is 2. The highest BCUT2D eigenvalue weighted by molar-refractivity contribution is 6.36. The number of rotatable bonds is 9. The maximum atomic E-state index is 13.4. The molecule has 0 radical (unpaired) electrons. The molecule has 9 heteroatoms. The SMILES string of the molecule is CN(C)CCCc1cc(C(=O)Nc2ccccc2C(=O)Nc2cc(Cl)ccc2Cl)nc(-c2ccccc2)n1. The third kappa shape index (κ3) is 7.16. The number of nitrogens with one attached hydrogen (secondary N) is 2. The molecule has 1 aromatic heterocycles. The van der Waals surface area contributed by atoms with Crippen LogP contribution in [0.25, 0.3) is 11.4 Å². The average Bonchev–Trinajstić information content (AvgIpc) is 2.91. The molecule has 0 bridgehead atoms. The lowest BCUT2D eigenvalue weighted by Crippen LogP contribution is -2.20. The summed E-state index contributed by atoms with van der Waals surface area (Å²) in [6.07, 6.45) is 1.58. The molecule has 0 unspecified atom stereocenters. The number of nitrogens with zero attached hydrogens (tertiary/aromatic N) is 3. The van der Waals surface area contributed by atoms with Gasteiger partial charge in [-0.05, 0) is 69.9 Å². The van der Waals surface area contributed by atoms with Gasteiger partial charge >= 0.3 is 0 Å². The lowest BCUT2D eigenvalue weighted by molar-refractivity contribution is 0.102. The molecule has 0 aliphatic heterocycles. The zero-order valence-electron chi connectivity index (χ0n) is 21.0. The Kier molecular flexibility index (Phi) is 9.07. The van der Waals surface area contributed by atoms with Crippen molar-refractivity contribution in [2.45, 2.75) is 12.8 Å². The first-order chi connectivity index (χ1) is 18.3. The zero-order valence-corrected chi connectivity index (χ0v) is 22.6. The highest BCUT2D eigenvalue weighted by atomic mass is 35.5. The fraction of sp³-hybridized carbons (Fsp3) is 0.172. The minimum atomic E-state index is -0.445. The Hall–Kier alpha value is -3.78. The van der Waals surface area contributed by atoms with Crippen molar-refractivity contribution in [2.75, 3.05) is 31.3 Å². The molecular formula is C29H27Cl2N5O2. The summed E-state index contributed by atoms with van der Waals surface area (Å²) in [6.45, 7) is 0.894. The third-order valence-corrected chi connectivity index (χ3v) is 6.24. The molecule has 0 aliphatic rings. The highest BCUT2D eigenvalue weighted by Crippen LogP contribution is 2.27. The maximum absolute atomic E-state index is 13.4. The molecule has 2 amide bonds. The van der Waals surface area contributed by atoms with E-state index >= 15 is 0 Å². The van der Waals surface area contributed by atoms with E-state index in [4.69, 9.17) is 28.2 Å². The predicted molar refractivity (Wildman–Crippen MR) is 153 cm³/mol. The van der Waals surface area contributed by atoms with Crippen LogP contribution in [0.5, 0.6) is 0 Å². The molecule has 0 fully saturated rings. The topological polar surface area (TPSA) is 87.2 Å². The van der Waals surface area contributed by atoms with Gasteiger partial charge in [0.25, 0.3) is 11.8 Å². The molecule has 4 aromatic rings. The summed E-state index contributed by atoms with van der Waals surface area (Å²) in [6, 6.07) is 22.7. The minimum Gasteiger partial charge on any atom is -0.321 e. The van der Waals surface area contributed by atoms with Crippen molar-refractivity contribution in [3.8, 4) is 11.4 Å². The monoisotopic (exact) mass is 547 g/mol. The molecule has 0 saturated heterocycles. The van der Waals surface area contributed by atoms with Crippen molar-refractivity contribution >= 4 is 46.4 Å². The second-order valence-electron chi connectivity index (χ2n) is 8.92. The van der Waals surface area contributed by atoms with Crippen LogP contribution in [0.3, 0.4) is 0 Å². The number of amides is 2. The van der Waals surface area contributed by atoms with Gasteiger partial charge in [0.1, 0.15) is 5.69 Å². The Labute approximate surface area is 231 Å². The van der Waals surface area contributed by atoms with Crippen molar-refractivity contribution in [2.24, 2.45) is 0 Å². The number of hydrogen-bond acceptors (Lipinski definition) is 5. The Morgan fingerprint density at radius 3 is 2.29 bits per heavy atom. The van der Waals surface area contributed by atoms with E-state index in [1.807, 2.05) is 44.4 Å². The number of aryl methyl sites for hydroxylation is 1. The van der Waals surface area contributed by atoms with Gasteiger partial charge < -0.3 is 15.5 Å². The number of carbonyl (C=O) groups is 2. The Morgan fingerprint density at radius 2 is 1.53 bits per heavy atom. The molecule has 4 rings (SSSR count). The van der Waals surface area contributed by atoms with Crippen molar-refractivity contribution < 1.29 is 9.59 Å². The van der Waals surface area contributed by atoms with Crippen LogP contribution in [0.2, 0.25) is 10.0 Å². The van der Waals surface area contributed by atoms with E-state index in [9.17, 15) is 9.59 Å². The summed E-state index contributed by atoms with van der Waals surface area (Å²) in [7, 11) is 4.03. The van der Waals surface area contributed by atoms with Crippen LogP contribution in [-0.2, 0) is 6.42 Å². The summed E-state index contributed by atoms with van der Waals surface area (Å²) in [4.78, 5) is 37.8. The average molecular weight is 548 g/mol. The third-order valence-electron chi connectivity index (χ3n) is 5.68. The molecule has 0 spiro atoms. The van der Waals surface area contributed by atoms with Gasteiger partial charge in [-0.15, -0.1) is 0 Å². The van der Waals surface area contributed by atoms with Gasteiger partial charge in [-0.25, -0.2) is 9.97 Å². The summed E-state index contributed by atoms with van der Waals surface area (Å²) < 4.78 is 0. The summed E-state index contributed by atoms with van der Waals surface area (Å²) >= 11 is 12.3. The standard InChI is InChI=1S/C29H27Cl2N5O2/c1-36(2)16-8-11-21-18-26(33-27(32-21)19-9-4-3-5-10-19)29(38)34-24-13-7-6-12-22(24)28(37)35-25-17-20(30)14-15-23(25)31/h3-7,9-10,12-15,17-18H,8,11,16H2,1-2H3,(H,34,38)(H,35,37). The summed E-state index contributed by atoms with van der Waals surface area (Å²) in [5.74, 6) is -0.415. The van der Waals surface area contributed by atoms with E-state index in [0.717, 1.165) is 24.2 Å². The second kappa shape index (κ2) is 12.6. The predicted octanol–water partition coefficient (Wildman–Crippen LogP) is 6.45. The highest BCUT2D eigenvalue weighted by Gasteiger charge is 2.18. The lowest BCUT2D eigenvalue weighted by atomic mass is 10.1. The van der Waals surface area contributed by atoms with Crippen LogP contribution in [0.15, 0.2) is 78.9 Å². The van der Waals surface area contributed by atoms with E-state index in [-0.39, 0.29) is 11.3 Å². The number of aromatic nitrogens is 2. The maximum Gasteiger partial charge on any atom is 0.274 e. The first-order valence-corrected chi connectivity index (χ1v) is 12.8.